The monoisotopic (exact) mass is 394 g/mol. The van der Waals surface area contributed by atoms with Gasteiger partial charge in [-0.15, -0.1) is 0 Å². The average molecular weight is 395 g/mol. The Balaban J connectivity index is 1.37. The number of oxazole rings is 1. The SMILES string of the molecule is CC(C)COCC(O)CN1CCN(Cc2nc(C(=O)N3CCCC3)co2)CC1. The summed E-state index contributed by atoms with van der Waals surface area (Å²) >= 11 is 0. The van der Waals surface area contributed by atoms with Crippen LogP contribution in [0.25, 0.3) is 0 Å². The summed E-state index contributed by atoms with van der Waals surface area (Å²) in [5.74, 6) is 1.06. The van der Waals surface area contributed by atoms with Crippen LogP contribution in [0.2, 0.25) is 0 Å². The minimum atomic E-state index is -0.448. The largest absolute Gasteiger partial charge is 0.447 e. The number of aromatic nitrogens is 1. The summed E-state index contributed by atoms with van der Waals surface area (Å²) in [5, 5.41) is 10.1. The predicted octanol–water partition coefficient (Wildman–Crippen LogP) is 1.06. The summed E-state index contributed by atoms with van der Waals surface area (Å²) in [6, 6.07) is 0. The number of aliphatic hydroxyl groups excluding tert-OH is 1. The van der Waals surface area contributed by atoms with Gasteiger partial charge in [0, 0.05) is 52.4 Å². The molecule has 1 N–H and O–H groups in total. The van der Waals surface area contributed by atoms with Gasteiger partial charge in [-0.3, -0.25) is 14.6 Å². The number of amides is 1. The predicted molar refractivity (Wildman–Crippen MR) is 105 cm³/mol. The van der Waals surface area contributed by atoms with Crippen molar-refractivity contribution in [2.24, 2.45) is 5.92 Å². The highest BCUT2D eigenvalue weighted by molar-refractivity contribution is 5.92. The first-order chi connectivity index (χ1) is 13.5. The van der Waals surface area contributed by atoms with Crippen LogP contribution in [-0.4, -0.2) is 95.8 Å². The Labute approximate surface area is 167 Å². The molecule has 2 aliphatic heterocycles. The van der Waals surface area contributed by atoms with Gasteiger partial charge < -0.3 is 19.2 Å². The number of rotatable bonds is 9. The maximum atomic E-state index is 12.4. The van der Waals surface area contributed by atoms with Crippen LogP contribution in [-0.2, 0) is 11.3 Å². The molecule has 158 valence electrons. The van der Waals surface area contributed by atoms with E-state index in [9.17, 15) is 9.90 Å². The lowest BCUT2D eigenvalue weighted by Crippen LogP contribution is -2.48. The van der Waals surface area contributed by atoms with Crippen molar-refractivity contribution >= 4 is 5.91 Å². The number of nitrogens with zero attached hydrogens (tertiary/aromatic N) is 4. The van der Waals surface area contributed by atoms with Crippen LogP contribution in [0.1, 0.15) is 43.1 Å². The molecule has 2 saturated heterocycles. The van der Waals surface area contributed by atoms with Gasteiger partial charge >= 0.3 is 0 Å². The van der Waals surface area contributed by atoms with Gasteiger partial charge in [0.05, 0.1) is 19.3 Å². The molecule has 0 bridgehead atoms. The molecule has 1 amide bonds. The van der Waals surface area contributed by atoms with Gasteiger partial charge in [-0.25, -0.2) is 4.98 Å². The quantitative estimate of drug-likeness (QED) is 0.671. The third-order valence-electron chi connectivity index (χ3n) is 5.22. The minimum absolute atomic E-state index is 0.0222. The number of hydrogen-bond donors (Lipinski definition) is 1. The highest BCUT2D eigenvalue weighted by Gasteiger charge is 2.24. The number of carbonyl (C=O) groups is 1. The van der Waals surface area contributed by atoms with Crippen LogP contribution < -0.4 is 0 Å². The van der Waals surface area contributed by atoms with Crippen LogP contribution in [0.4, 0.5) is 0 Å². The van der Waals surface area contributed by atoms with E-state index in [1.54, 1.807) is 0 Å². The Bertz CT molecular complexity index is 607. The summed E-state index contributed by atoms with van der Waals surface area (Å²) < 4.78 is 11.1. The normalized spacial score (nSPS) is 20.2. The number of carbonyl (C=O) groups excluding carboxylic acids is 1. The van der Waals surface area contributed by atoms with Crippen LogP contribution >= 0.6 is 0 Å². The molecule has 1 atom stereocenters. The molecule has 0 radical (unpaired) electrons. The fourth-order valence-electron chi connectivity index (χ4n) is 3.68. The molecule has 0 aromatic carbocycles. The van der Waals surface area contributed by atoms with E-state index in [0.29, 0.717) is 43.8 Å². The van der Waals surface area contributed by atoms with E-state index in [-0.39, 0.29) is 5.91 Å². The van der Waals surface area contributed by atoms with E-state index in [0.717, 1.165) is 52.1 Å². The van der Waals surface area contributed by atoms with Crippen molar-refractivity contribution in [1.29, 1.82) is 0 Å². The van der Waals surface area contributed by atoms with Crippen LogP contribution in [0, 0.1) is 5.92 Å². The maximum absolute atomic E-state index is 12.4. The number of aliphatic hydroxyl groups is 1. The number of hydrogen-bond acceptors (Lipinski definition) is 7. The average Bonchev–Trinajstić information content (AvgIpc) is 3.34. The Morgan fingerprint density at radius 1 is 1.14 bits per heavy atom. The molecule has 1 aromatic heterocycles. The first-order valence-corrected chi connectivity index (χ1v) is 10.5. The second-order valence-corrected chi connectivity index (χ2v) is 8.29. The minimum Gasteiger partial charge on any atom is -0.447 e. The molecular weight excluding hydrogens is 360 g/mol. The van der Waals surface area contributed by atoms with Crippen LogP contribution in [0.15, 0.2) is 10.7 Å². The highest BCUT2D eigenvalue weighted by atomic mass is 16.5. The molecular formula is C20H34N4O4. The molecule has 3 rings (SSSR count). The zero-order valence-corrected chi connectivity index (χ0v) is 17.2. The van der Waals surface area contributed by atoms with Crippen LogP contribution in [0.3, 0.4) is 0 Å². The maximum Gasteiger partial charge on any atom is 0.275 e. The molecule has 0 aliphatic carbocycles. The first-order valence-electron chi connectivity index (χ1n) is 10.5. The molecule has 0 spiro atoms. The van der Waals surface area contributed by atoms with E-state index in [2.05, 4.69) is 28.6 Å². The second-order valence-electron chi connectivity index (χ2n) is 8.29. The fourth-order valence-corrected chi connectivity index (χ4v) is 3.68. The fraction of sp³-hybridized carbons (Fsp3) is 0.800. The van der Waals surface area contributed by atoms with Crippen molar-refractivity contribution in [2.45, 2.75) is 39.3 Å². The third kappa shape index (κ3) is 6.27. The van der Waals surface area contributed by atoms with E-state index < -0.39 is 6.10 Å². The lowest BCUT2D eigenvalue weighted by molar-refractivity contribution is -0.000850. The Morgan fingerprint density at radius 3 is 2.50 bits per heavy atom. The number of ether oxygens (including phenoxy) is 1. The summed E-state index contributed by atoms with van der Waals surface area (Å²) in [6.07, 6.45) is 3.18. The topological polar surface area (TPSA) is 82.3 Å². The Hall–Kier alpha value is -1.48. The lowest BCUT2D eigenvalue weighted by Gasteiger charge is -2.34. The van der Waals surface area contributed by atoms with E-state index >= 15 is 0 Å². The highest BCUT2D eigenvalue weighted by Crippen LogP contribution is 2.14. The molecule has 28 heavy (non-hydrogen) atoms. The van der Waals surface area contributed by atoms with Crippen molar-refractivity contribution in [3.8, 4) is 0 Å². The summed E-state index contributed by atoms with van der Waals surface area (Å²) in [7, 11) is 0. The van der Waals surface area contributed by atoms with Crippen molar-refractivity contribution < 1.29 is 19.1 Å². The van der Waals surface area contributed by atoms with E-state index in [4.69, 9.17) is 9.15 Å². The van der Waals surface area contributed by atoms with Gasteiger partial charge in [0.25, 0.3) is 5.91 Å². The standard InChI is InChI=1S/C20H34N4O4/c1-16(2)13-27-14-17(25)11-22-7-9-23(10-8-22)12-19-21-18(15-28-19)20(26)24-5-3-4-6-24/h15-17,25H,3-14H2,1-2H3. The van der Waals surface area contributed by atoms with E-state index in [1.165, 1.54) is 6.26 Å². The first kappa shape index (κ1) is 21.2. The van der Waals surface area contributed by atoms with Crippen molar-refractivity contribution in [2.75, 3.05) is 59.0 Å². The molecule has 1 unspecified atom stereocenters. The van der Waals surface area contributed by atoms with Gasteiger partial charge in [-0.05, 0) is 18.8 Å². The van der Waals surface area contributed by atoms with Crippen molar-refractivity contribution in [3.05, 3.63) is 17.8 Å². The smallest absolute Gasteiger partial charge is 0.275 e. The van der Waals surface area contributed by atoms with Crippen molar-refractivity contribution in [1.82, 2.24) is 19.7 Å². The molecule has 2 fully saturated rings. The van der Waals surface area contributed by atoms with Gasteiger partial charge in [0.2, 0.25) is 5.89 Å². The third-order valence-corrected chi connectivity index (χ3v) is 5.22. The molecule has 0 saturated carbocycles. The molecule has 8 heteroatoms. The molecule has 2 aliphatic rings. The zero-order chi connectivity index (χ0) is 19.9. The summed E-state index contributed by atoms with van der Waals surface area (Å²) in [5.41, 5.74) is 0.417. The molecule has 8 nitrogen and oxygen atoms in total. The number of β-amino-alcohol motifs (C(OH)–C–C–N with tert-alkyl or cyclic N) is 1. The molecule has 3 heterocycles. The summed E-state index contributed by atoms with van der Waals surface area (Å²) in [4.78, 5) is 23.1. The Morgan fingerprint density at radius 2 is 1.82 bits per heavy atom. The lowest BCUT2D eigenvalue weighted by atomic mass is 10.2. The number of likely N-dealkylation sites (tertiary alicyclic amines) is 1. The van der Waals surface area contributed by atoms with Gasteiger partial charge in [-0.2, -0.15) is 0 Å². The van der Waals surface area contributed by atoms with Gasteiger partial charge in [0.1, 0.15) is 6.26 Å². The van der Waals surface area contributed by atoms with Crippen molar-refractivity contribution in [3.63, 3.8) is 0 Å². The number of piperazine rings is 1. The van der Waals surface area contributed by atoms with E-state index in [1.807, 2.05) is 4.90 Å². The molecule has 1 aromatic rings. The van der Waals surface area contributed by atoms with Gasteiger partial charge in [0.15, 0.2) is 5.69 Å². The second kappa shape index (κ2) is 10.3. The zero-order valence-electron chi connectivity index (χ0n) is 17.2. The summed E-state index contributed by atoms with van der Waals surface area (Å²) in [6.45, 7) is 11.7. The Kier molecular flexibility index (Phi) is 7.84. The van der Waals surface area contributed by atoms with Gasteiger partial charge in [-0.1, -0.05) is 13.8 Å². The van der Waals surface area contributed by atoms with Crippen LogP contribution in [0.5, 0.6) is 0 Å².